The smallest absolute Gasteiger partial charge is 0.222 e. The normalized spacial score (nSPS) is 14.7. The van der Waals surface area contributed by atoms with Crippen LogP contribution in [0.25, 0.3) is 16.9 Å². The molecular weight excluding hydrogens is 461 g/mol. The van der Waals surface area contributed by atoms with Crippen LogP contribution in [0, 0.1) is 5.95 Å². The number of nitrogens with zero attached hydrogens (tertiary/aromatic N) is 4. The number of ether oxygens (including phenoxy) is 1. The molecule has 1 aliphatic rings. The fourth-order valence-electron chi connectivity index (χ4n) is 3.89. The van der Waals surface area contributed by atoms with E-state index in [1.807, 2.05) is 0 Å². The number of rotatable bonds is 7. The van der Waals surface area contributed by atoms with Gasteiger partial charge in [-0.15, -0.1) is 0 Å². The number of pyridine rings is 2. The van der Waals surface area contributed by atoms with Gasteiger partial charge in [0.2, 0.25) is 11.9 Å². The van der Waals surface area contributed by atoms with Gasteiger partial charge in [0.25, 0.3) is 0 Å². The van der Waals surface area contributed by atoms with Gasteiger partial charge in [-0.3, -0.25) is 9.20 Å². The zero-order valence-corrected chi connectivity index (χ0v) is 20.4. The van der Waals surface area contributed by atoms with E-state index in [0.717, 1.165) is 13.0 Å². The lowest BCUT2D eigenvalue weighted by molar-refractivity contribution is -0.127. The van der Waals surface area contributed by atoms with Crippen LogP contribution in [0.4, 0.5) is 10.2 Å². The second-order valence-electron chi connectivity index (χ2n) is 9.17. The molecule has 1 amide bonds. The van der Waals surface area contributed by atoms with Crippen molar-refractivity contribution >= 4 is 27.2 Å². The molecule has 0 radical (unpaired) electrons. The number of likely N-dealkylation sites (tertiary alicyclic amines) is 1. The Hall–Kier alpha value is -3.21. The number of carbonyl (C=O) groups excluding carboxylic acids is 1. The van der Waals surface area contributed by atoms with Crippen molar-refractivity contribution in [2.24, 2.45) is 0 Å². The van der Waals surface area contributed by atoms with Gasteiger partial charge < -0.3 is 15.0 Å². The van der Waals surface area contributed by atoms with E-state index in [0.29, 0.717) is 42.2 Å². The van der Waals surface area contributed by atoms with E-state index in [9.17, 15) is 17.6 Å². The Morgan fingerprint density at radius 1 is 1.24 bits per heavy atom. The third-order valence-corrected chi connectivity index (χ3v) is 8.34. The lowest BCUT2D eigenvalue weighted by Gasteiger charge is -2.21. The fourth-order valence-corrected chi connectivity index (χ4v) is 5.20. The van der Waals surface area contributed by atoms with Crippen LogP contribution in [0.3, 0.4) is 0 Å². The summed E-state index contributed by atoms with van der Waals surface area (Å²) >= 11 is 0. The van der Waals surface area contributed by atoms with Gasteiger partial charge in [-0.1, -0.05) is 0 Å². The van der Waals surface area contributed by atoms with E-state index in [1.165, 1.54) is 19.4 Å². The predicted molar refractivity (Wildman–Crippen MR) is 126 cm³/mol. The van der Waals surface area contributed by atoms with Crippen molar-refractivity contribution < 1.29 is 22.3 Å². The maximum atomic E-state index is 14.4. The first kappa shape index (κ1) is 23.9. The second-order valence-corrected chi connectivity index (χ2v) is 11.8. The molecule has 0 atom stereocenters. The molecule has 0 bridgehead atoms. The molecule has 0 aromatic carbocycles. The van der Waals surface area contributed by atoms with Gasteiger partial charge in [-0.05, 0) is 33.3 Å². The maximum Gasteiger partial charge on any atom is 0.222 e. The van der Waals surface area contributed by atoms with Crippen LogP contribution in [0.2, 0.25) is 0 Å². The Labute approximate surface area is 197 Å². The second kappa shape index (κ2) is 8.86. The lowest BCUT2D eigenvalue weighted by atomic mass is 10.2. The zero-order valence-electron chi connectivity index (χ0n) is 19.6. The van der Waals surface area contributed by atoms with E-state index < -0.39 is 20.5 Å². The van der Waals surface area contributed by atoms with Gasteiger partial charge in [0.15, 0.2) is 9.84 Å². The van der Waals surface area contributed by atoms with E-state index in [2.05, 4.69) is 15.3 Å². The van der Waals surface area contributed by atoms with Gasteiger partial charge in [0, 0.05) is 49.9 Å². The third kappa shape index (κ3) is 4.44. The van der Waals surface area contributed by atoms with Crippen LogP contribution in [0.1, 0.15) is 33.6 Å². The topological polar surface area (TPSA) is 106 Å². The predicted octanol–water partition coefficient (Wildman–Crippen LogP) is 3.15. The number of halogens is 1. The molecule has 1 saturated heterocycles. The maximum absolute atomic E-state index is 14.4. The Morgan fingerprint density at radius 2 is 2.00 bits per heavy atom. The van der Waals surface area contributed by atoms with Crippen molar-refractivity contribution in [1.82, 2.24) is 19.3 Å². The summed E-state index contributed by atoms with van der Waals surface area (Å²) in [4.78, 5) is 21.8. The van der Waals surface area contributed by atoms with E-state index in [-0.39, 0.29) is 16.6 Å². The highest BCUT2D eigenvalue weighted by molar-refractivity contribution is 7.92. The van der Waals surface area contributed by atoms with Gasteiger partial charge >= 0.3 is 0 Å². The quantitative estimate of drug-likeness (QED) is 0.508. The molecule has 34 heavy (non-hydrogen) atoms. The molecule has 0 spiro atoms. The Bertz CT molecular complexity index is 1350. The van der Waals surface area contributed by atoms with Crippen LogP contribution in [-0.4, -0.2) is 65.1 Å². The van der Waals surface area contributed by atoms with E-state index in [1.54, 1.807) is 48.4 Å². The number of nitrogens with one attached hydrogen (secondary N) is 1. The van der Waals surface area contributed by atoms with Gasteiger partial charge in [0.1, 0.15) is 22.1 Å². The number of methoxy groups -OCH3 is 1. The molecule has 11 heteroatoms. The van der Waals surface area contributed by atoms with Crippen molar-refractivity contribution in [3.8, 4) is 17.0 Å². The van der Waals surface area contributed by atoms with E-state index >= 15 is 0 Å². The number of aromatic nitrogens is 3. The molecule has 182 valence electrons. The number of hydrogen-bond acceptors (Lipinski definition) is 7. The Kier molecular flexibility index (Phi) is 6.24. The number of anilines is 1. The highest BCUT2D eigenvalue weighted by Gasteiger charge is 2.34. The first-order chi connectivity index (χ1) is 16.0. The van der Waals surface area contributed by atoms with Crippen molar-refractivity contribution in [1.29, 1.82) is 0 Å². The first-order valence-electron chi connectivity index (χ1n) is 11.0. The summed E-state index contributed by atoms with van der Waals surface area (Å²) in [6.45, 7) is 6.52. The van der Waals surface area contributed by atoms with Gasteiger partial charge in [0.05, 0.1) is 23.7 Å². The van der Waals surface area contributed by atoms with Crippen LogP contribution < -0.4 is 10.1 Å². The average molecular weight is 490 g/mol. The molecule has 4 heterocycles. The molecule has 3 aromatic heterocycles. The largest absolute Gasteiger partial charge is 0.495 e. The number of hydrogen-bond donors (Lipinski definition) is 1. The molecule has 0 saturated carbocycles. The average Bonchev–Trinajstić information content (AvgIpc) is 3.37. The number of amides is 1. The van der Waals surface area contributed by atoms with Crippen molar-refractivity contribution in [2.45, 2.75) is 43.3 Å². The number of sulfone groups is 1. The van der Waals surface area contributed by atoms with Crippen LogP contribution in [-0.2, 0) is 14.6 Å². The standard InChI is InChI=1S/C23H28FN5O4S/c1-23(2,3)34(31,32)18-14-29-16(13-26-21(29)12-17(18)33-4)15-10-19(24)27-20(11-15)25-7-9-28-8-5-6-22(28)30/h10-14H,5-9H2,1-4H3,(H,25,27). The monoisotopic (exact) mass is 489 g/mol. The number of imidazole rings is 1. The zero-order chi connectivity index (χ0) is 24.7. The highest BCUT2D eigenvalue weighted by Crippen LogP contribution is 2.34. The van der Waals surface area contributed by atoms with Crippen molar-refractivity contribution in [3.63, 3.8) is 0 Å². The van der Waals surface area contributed by atoms with Crippen molar-refractivity contribution in [3.05, 3.63) is 36.5 Å². The molecule has 9 nitrogen and oxygen atoms in total. The highest BCUT2D eigenvalue weighted by atomic mass is 32.2. The number of fused-ring (bicyclic) bond motifs is 1. The minimum absolute atomic E-state index is 0.0254. The molecular formula is C23H28FN5O4S. The van der Waals surface area contributed by atoms with E-state index in [4.69, 9.17) is 4.74 Å². The fraction of sp³-hybridized carbons (Fsp3) is 0.435. The minimum Gasteiger partial charge on any atom is -0.495 e. The molecule has 1 aliphatic heterocycles. The summed E-state index contributed by atoms with van der Waals surface area (Å²) < 4.78 is 46.7. The molecule has 0 unspecified atom stereocenters. The molecule has 1 N–H and O–H groups in total. The number of carbonyl (C=O) groups is 1. The first-order valence-corrected chi connectivity index (χ1v) is 12.5. The lowest BCUT2D eigenvalue weighted by Crippen LogP contribution is -2.30. The van der Waals surface area contributed by atoms with Crippen molar-refractivity contribution in [2.75, 3.05) is 32.1 Å². The van der Waals surface area contributed by atoms with Crippen LogP contribution in [0.5, 0.6) is 5.75 Å². The summed E-state index contributed by atoms with van der Waals surface area (Å²) in [6, 6.07) is 4.48. The van der Waals surface area contributed by atoms with Gasteiger partial charge in [-0.2, -0.15) is 4.39 Å². The van der Waals surface area contributed by atoms with Crippen LogP contribution in [0.15, 0.2) is 35.5 Å². The third-order valence-electron chi connectivity index (χ3n) is 5.84. The summed E-state index contributed by atoms with van der Waals surface area (Å²) in [5.74, 6) is -0.0629. The van der Waals surface area contributed by atoms with Crippen LogP contribution >= 0.6 is 0 Å². The summed E-state index contributed by atoms with van der Waals surface area (Å²) in [5, 5.41) is 3.07. The summed E-state index contributed by atoms with van der Waals surface area (Å²) in [6.07, 6.45) is 4.42. The SMILES string of the molecule is COc1cc2ncc(-c3cc(F)nc(NCCN4CCCC4=O)c3)n2cc1S(=O)(=O)C(C)(C)C. The van der Waals surface area contributed by atoms with Gasteiger partial charge in [-0.25, -0.2) is 18.4 Å². The summed E-state index contributed by atoms with van der Waals surface area (Å²) in [5.41, 5.74) is 1.44. The summed E-state index contributed by atoms with van der Waals surface area (Å²) in [7, 11) is -2.33. The molecule has 4 rings (SSSR count). The Morgan fingerprint density at radius 3 is 2.65 bits per heavy atom. The minimum atomic E-state index is -3.73. The molecule has 3 aromatic rings. The molecule has 0 aliphatic carbocycles. The molecule has 1 fully saturated rings. The Balaban J connectivity index is 1.69.